The van der Waals surface area contributed by atoms with E-state index >= 15 is 0 Å². The SMILES string of the molecule is C=CSc1nc2ccc(C)cc2s1. The van der Waals surface area contributed by atoms with E-state index in [1.54, 1.807) is 23.1 Å². The summed E-state index contributed by atoms with van der Waals surface area (Å²) in [5, 5.41) is 1.81. The summed E-state index contributed by atoms with van der Waals surface area (Å²) >= 11 is 3.29. The highest BCUT2D eigenvalue weighted by atomic mass is 32.2. The Bertz CT molecular complexity index is 445. The average molecular weight is 207 g/mol. The van der Waals surface area contributed by atoms with Gasteiger partial charge in [0, 0.05) is 0 Å². The first kappa shape index (κ1) is 8.78. The molecule has 2 aromatic rings. The van der Waals surface area contributed by atoms with E-state index in [0.29, 0.717) is 0 Å². The Morgan fingerprint density at radius 1 is 1.54 bits per heavy atom. The van der Waals surface area contributed by atoms with Crippen LogP contribution in [0.5, 0.6) is 0 Å². The van der Waals surface area contributed by atoms with Crippen molar-refractivity contribution in [2.75, 3.05) is 0 Å². The summed E-state index contributed by atoms with van der Waals surface area (Å²) < 4.78 is 2.32. The van der Waals surface area contributed by atoms with Gasteiger partial charge in [0.2, 0.25) is 0 Å². The zero-order valence-electron chi connectivity index (χ0n) is 7.28. The maximum atomic E-state index is 4.45. The molecule has 0 fully saturated rings. The summed E-state index contributed by atoms with van der Waals surface area (Å²) in [6.45, 7) is 5.77. The van der Waals surface area contributed by atoms with Gasteiger partial charge in [0.25, 0.3) is 0 Å². The van der Waals surface area contributed by atoms with Gasteiger partial charge in [-0.1, -0.05) is 24.4 Å². The number of aryl methyl sites for hydroxylation is 1. The van der Waals surface area contributed by atoms with Gasteiger partial charge < -0.3 is 0 Å². The van der Waals surface area contributed by atoms with Crippen LogP contribution in [0.15, 0.2) is 34.5 Å². The molecule has 0 atom stereocenters. The van der Waals surface area contributed by atoms with E-state index in [0.717, 1.165) is 9.86 Å². The first-order chi connectivity index (χ1) is 6.29. The van der Waals surface area contributed by atoms with Crippen molar-refractivity contribution in [3.63, 3.8) is 0 Å². The van der Waals surface area contributed by atoms with Gasteiger partial charge in [-0.3, -0.25) is 0 Å². The summed E-state index contributed by atoms with van der Waals surface area (Å²) in [4.78, 5) is 4.45. The molecule has 0 aliphatic rings. The molecule has 66 valence electrons. The van der Waals surface area contributed by atoms with Crippen molar-refractivity contribution in [3.05, 3.63) is 35.7 Å². The number of thiazole rings is 1. The molecule has 13 heavy (non-hydrogen) atoms. The number of nitrogens with zero attached hydrogens (tertiary/aromatic N) is 1. The molecule has 0 saturated heterocycles. The molecule has 2 rings (SSSR count). The van der Waals surface area contributed by atoms with Gasteiger partial charge in [0.1, 0.15) is 0 Å². The Morgan fingerprint density at radius 3 is 3.15 bits per heavy atom. The number of fused-ring (bicyclic) bond motifs is 1. The quantitative estimate of drug-likeness (QED) is 0.694. The van der Waals surface area contributed by atoms with Crippen LogP contribution >= 0.6 is 23.1 Å². The van der Waals surface area contributed by atoms with Crippen molar-refractivity contribution in [3.8, 4) is 0 Å². The normalized spacial score (nSPS) is 10.5. The zero-order chi connectivity index (χ0) is 9.26. The number of hydrogen-bond donors (Lipinski definition) is 0. The van der Waals surface area contributed by atoms with Crippen LogP contribution in [0.4, 0.5) is 0 Å². The fraction of sp³-hybridized carbons (Fsp3) is 0.100. The first-order valence-electron chi connectivity index (χ1n) is 3.94. The number of rotatable bonds is 2. The highest BCUT2D eigenvalue weighted by Crippen LogP contribution is 2.30. The molecule has 0 aliphatic heterocycles. The second-order valence-corrected chi connectivity index (χ2v) is 4.98. The molecule has 0 N–H and O–H groups in total. The van der Waals surface area contributed by atoms with Crippen LogP contribution in [-0.4, -0.2) is 4.98 Å². The maximum Gasteiger partial charge on any atom is 0.155 e. The highest BCUT2D eigenvalue weighted by Gasteiger charge is 2.01. The molecular formula is C10H9NS2. The lowest BCUT2D eigenvalue weighted by molar-refractivity contribution is 1.31. The molecule has 0 aliphatic carbocycles. The summed E-state index contributed by atoms with van der Waals surface area (Å²) in [6, 6.07) is 6.32. The Kier molecular flexibility index (Phi) is 2.38. The number of hydrogen-bond acceptors (Lipinski definition) is 3. The lowest BCUT2D eigenvalue weighted by Gasteiger charge is -1.88. The van der Waals surface area contributed by atoms with Crippen LogP contribution in [0.25, 0.3) is 10.2 Å². The van der Waals surface area contributed by atoms with Crippen LogP contribution in [0.3, 0.4) is 0 Å². The topological polar surface area (TPSA) is 12.9 Å². The second kappa shape index (κ2) is 3.52. The predicted octanol–water partition coefficient (Wildman–Crippen LogP) is 3.84. The summed E-state index contributed by atoms with van der Waals surface area (Å²) in [7, 11) is 0. The smallest absolute Gasteiger partial charge is 0.155 e. The lowest BCUT2D eigenvalue weighted by Crippen LogP contribution is -1.70. The highest BCUT2D eigenvalue weighted by molar-refractivity contribution is 8.03. The Balaban J connectivity index is 2.55. The van der Waals surface area contributed by atoms with Crippen LogP contribution in [0.1, 0.15) is 5.56 Å². The van der Waals surface area contributed by atoms with E-state index in [1.807, 2.05) is 5.41 Å². The van der Waals surface area contributed by atoms with Crippen molar-refractivity contribution in [2.45, 2.75) is 11.3 Å². The number of benzene rings is 1. The van der Waals surface area contributed by atoms with E-state index in [1.165, 1.54) is 10.3 Å². The van der Waals surface area contributed by atoms with E-state index in [9.17, 15) is 0 Å². The molecular weight excluding hydrogens is 198 g/mol. The molecule has 0 radical (unpaired) electrons. The molecule has 0 spiro atoms. The van der Waals surface area contributed by atoms with E-state index < -0.39 is 0 Å². The van der Waals surface area contributed by atoms with Crippen molar-refractivity contribution >= 4 is 33.3 Å². The molecule has 1 nitrogen and oxygen atoms in total. The van der Waals surface area contributed by atoms with Crippen molar-refractivity contribution in [1.82, 2.24) is 4.98 Å². The van der Waals surface area contributed by atoms with Gasteiger partial charge >= 0.3 is 0 Å². The third-order valence-corrected chi connectivity index (χ3v) is 3.52. The van der Waals surface area contributed by atoms with Gasteiger partial charge in [0.15, 0.2) is 4.34 Å². The fourth-order valence-electron chi connectivity index (χ4n) is 1.13. The molecule has 0 saturated carbocycles. The third-order valence-electron chi connectivity index (χ3n) is 1.71. The summed E-state index contributed by atoms with van der Waals surface area (Å²) in [5.41, 5.74) is 2.37. The number of thioether (sulfide) groups is 1. The third kappa shape index (κ3) is 1.76. The molecule has 1 heterocycles. The molecule has 0 unspecified atom stereocenters. The van der Waals surface area contributed by atoms with Gasteiger partial charge in [-0.15, -0.1) is 11.3 Å². The van der Waals surface area contributed by atoms with Gasteiger partial charge in [-0.05, 0) is 30.0 Å². The molecule has 3 heteroatoms. The van der Waals surface area contributed by atoms with E-state index in [-0.39, 0.29) is 0 Å². The summed E-state index contributed by atoms with van der Waals surface area (Å²) in [6.07, 6.45) is 0. The van der Waals surface area contributed by atoms with Gasteiger partial charge in [-0.2, -0.15) is 0 Å². The monoisotopic (exact) mass is 207 g/mol. The molecule has 1 aromatic heterocycles. The van der Waals surface area contributed by atoms with Gasteiger partial charge in [-0.25, -0.2) is 4.98 Å². The van der Waals surface area contributed by atoms with E-state index in [4.69, 9.17) is 0 Å². The maximum absolute atomic E-state index is 4.45. The minimum absolute atomic E-state index is 1.07. The van der Waals surface area contributed by atoms with Crippen molar-refractivity contribution in [2.24, 2.45) is 0 Å². The van der Waals surface area contributed by atoms with Gasteiger partial charge in [0.05, 0.1) is 10.2 Å². The van der Waals surface area contributed by atoms with Crippen LogP contribution in [0, 0.1) is 6.92 Å². The van der Waals surface area contributed by atoms with Crippen LogP contribution in [-0.2, 0) is 0 Å². The Morgan fingerprint density at radius 2 is 2.38 bits per heavy atom. The standard InChI is InChI=1S/C10H9NS2/c1-3-12-10-11-8-5-4-7(2)6-9(8)13-10/h3-6H,1H2,2H3. The van der Waals surface area contributed by atoms with Crippen LogP contribution < -0.4 is 0 Å². The van der Waals surface area contributed by atoms with Crippen molar-refractivity contribution < 1.29 is 0 Å². The molecule has 1 aromatic carbocycles. The van der Waals surface area contributed by atoms with Crippen LogP contribution in [0.2, 0.25) is 0 Å². The number of aromatic nitrogens is 1. The second-order valence-electron chi connectivity index (χ2n) is 2.74. The average Bonchev–Trinajstić information content (AvgIpc) is 2.46. The summed E-state index contributed by atoms with van der Waals surface area (Å²) in [5.74, 6) is 0. The fourth-order valence-corrected chi connectivity index (χ4v) is 2.89. The molecule has 0 bridgehead atoms. The minimum atomic E-state index is 1.07. The lowest BCUT2D eigenvalue weighted by atomic mass is 10.2. The zero-order valence-corrected chi connectivity index (χ0v) is 8.91. The first-order valence-corrected chi connectivity index (χ1v) is 5.64. The largest absolute Gasteiger partial charge is 0.229 e. The Labute approximate surface area is 85.5 Å². The molecule has 0 amide bonds. The van der Waals surface area contributed by atoms with Crippen molar-refractivity contribution in [1.29, 1.82) is 0 Å². The minimum Gasteiger partial charge on any atom is -0.229 e. The predicted molar refractivity (Wildman–Crippen MR) is 60.4 cm³/mol. The Hall–Kier alpha value is -0.800. The van der Waals surface area contributed by atoms with E-state index in [2.05, 4.69) is 36.7 Å².